The Morgan fingerprint density at radius 1 is 0.889 bits per heavy atom. The van der Waals surface area contributed by atoms with Crippen molar-refractivity contribution in [2.24, 2.45) is 0 Å². The molecule has 101 valence electrons. The third kappa shape index (κ3) is 2.59. The van der Waals surface area contributed by atoms with E-state index >= 15 is 0 Å². The molecule has 0 spiro atoms. The van der Waals surface area contributed by atoms with E-state index < -0.39 is 30.2 Å². The maximum absolute atomic E-state index is 12.1. The Hall–Kier alpha value is -0.880. The summed E-state index contributed by atoms with van der Waals surface area (Å²) in [6, 6.07) is 6.56. The van der Waals surface area contributed by atoms with Crippen LogP contribution in [-0.4, -0.2) is 27.3 Å². The van der Waals surface area contributed by atoms with Crippen LogP contribution in [0.1, 0.15) is 27.7 Å². The number of rotatable bonds is 4. The highest BCUT2D eigenvalue weighted by Crippen LogP contribution is 2.26. The maximum Gasteiger partial charge on any atom is 0.181 e. The van der Waals surface area contributed by atoms with E-state index in [0.717, 1.165) is 0 Å². The van der Waals surface area contributed by atoms with Crippen LogP contribution in [0.2, 0.25) is 0 Å². The van der Waals surface area contributed by atoms with Gasteiger partial charge < -0.3 is 0 Å². The Morgan fingerprint density at radius 2 is 1.33 bits per heavy atom. The molecule has 0 aromatic heterocycles. The van der Waals surface area contributed by atoms with Gasteiger partial charge >= 0.3 is 0 Å². The molecule has 1 aromatic rings. The molecule has 1 radical (unpaired) electrons. The van der Waals surface area contributed by atoms with Gasteiger partial charge in [0.05, 0.1) is 20.3 Å². The van der Waals surface area contributed by atoms with E-state index in [1.54, 1.807) is 0 Å². The molecule has 0 bridgehead atoms. The minimum atomic E-state index is -3.63. The SMILES string of the molecule is CC(C)S(=O)(=O)c1c[c]ccc1S(=O)(=O)C(C)C. The summed E-state index contributed by atoms with van der Waals surface area (Å²) in [5, 5.41) is -1.34. The first-order valence-electron chi connectivity index (χ1n) is 5.59. The van der Waals surface area contributed by atoms with Crippen LogP contribution in [0.3, 0.4) is 0 Å². The van der Waals surface area contributed by atoms with Gasteiger partial charge in [-0.2, -0.15) is 0 Å². The Balaban J connectivity index is 3.62. The summed E-state index contributed by atoms with van der Waals surface area (Å²) in [6.45, 7) is 6.10. The van der Waals surface area contributed by atoms with Crippen molar-refractivity contribution in [2.75, 3.05) is 0 Å². The molecule has 0 saturated heterocycles. The zero-order valence-corrected chi connectivity index (χ0v) is 12.5. The van der Waals surface area contributed by atoms with E-state index in [1.807, 2.05) is 0 Å². The van der Waals surface area contributed by atoms with Gasteiger partial charge in [-0.15, -0.1) is 0 Å². The molecule has 6 heteroatoms. The van der Waals surface area contributed by atoms with Crippen molar-refractivity contribution in [3.63, 3.8) is 0 Å². The van der Waals surface area contributed by atoms with Crippen molar-refractivity contribution >= 4 is 19.7 Å². The van der Waals surface area contributed by atoms with Gasteiger partial charge in [0.25, 0.3) is 0 Å². The first-order valence-corrected chi connectivity index (χ1v) is 8.69. The summed E-state index contributed by atoms with van der Waals surface area (Å²) in [4.78, 5) is -0.293. The van der Waals surface area contributed by atoms with Crippen LogP contribution in [0.15, 0.2) is 28.0 Å². The minimum Gasteiger partial charge on any atom is -0.223 e. The predicted molar refractivity (Wildman–Crippen MR) is 69.9 cm³/mol. The van der Waals surface area contributed by atoms with Gasteiger partial charge in [0.1, 0.15) is 0 Å². The monoisotopic (exact) mass is 289 g/mol. The number of benzene rings is 1. The van der Waals surface area contributed by atoms with Crippen LogP contribution >= 0.6 is 0 Å². The molecule has 0 atom stereocenters. The first-order chi connectivity index (χ1) is 8.11. The predicted octanol–water partition coefficient (Wildman–Crippen LogP) is 1.85. The van der Waals surface area contributed by atoms with Gasteiger partial charge in [-0.05, 0) is 45.9 Å². The molecule has 18 heavy (non-hydrogen) atoms. The summed E-state index contributed by atoms with van der Waals surface area (Å²) in [5.74, 6) is 0. The Kier molecular flexibility index (Phi) is 4.23. The highest BCUT2D eigenvalue weighted by molar-refractivity contribution is 7.95. The molecule has 0 unspecified atom stereocenters. The van der Waals surface area contributed by atoms with Crippen LogP contribution in [0.25, 0.3) is 0 Å². The van der Waals surface area contributed by atoms with Crippen molar-refractivity contribution in [1.82, 2.24) is 0 Å². The van der Waals surface area contributed by atoms with Gasteiger partial charge in [-0.25, -0.2) is 16.8 Å². The molecule has 0 amide bonds. The summed E-state index contributed by atoms with van der Waals surface area (Å²) in [7, 11) is -7.26. The molecule has 0 aliphatic carbocycles. The third-order valence-electron chi connectivity index (χ3n) is 2.64. The lowest BCUT2D eigenvalue weighted by molar-refractivity contribution is 0.573. The first kappa shape index (κ1) is 15.2. The van der Waals surface area contributed by atoms with Crippen molar-refractivity contribution in [3.05, 3.63) is 24.3 Å². The molecule has 0 saturated carbocycles. The molecule has 0 aliphatic rings. The molecular weight excluding hydrogens is 272 g/mol. The summed E-state index contributed by atoms with van der Waals surface area (Å²) in [6.07, 6.45) is 0. The molecular formula is C12H17O4S2. The van der Waals surface area contributed by atoms with Gasteiger partial charge in [0.2, 0.25) is 0 Å². The van der Waals surface area contributed by atoms with Gasteiger partial charge in [-0.1, -0.05) is 6.07 Å². The molecule has 0 aliphatic heterocycles. The Labute approximate surface area is 109 Å². The van der Waals surface area contributed by atoms with Gasteiger partial charge in [0.15, 0.2) is 19.7 Å². The lowest BCUT2D eigenvalue weighted by Crippen LogP contribution is -2.21. The van der Waals surface area contributed by atoms with Crippen LogP contribution in [0, 0.1) is 6.07 Å². The fourth-order valence-electron chi connectivity index (χ4n) is 1.37. The maximum atomic E-state index is 12.1. The quantitative estimate of drug-likeness (QED) is 0.848. The van der Waals surface area contributed by atoms with Crippen LogP contribution in [0.5, 0.6) is 0 Å². The van der Waals surface area contributed by atoms with Gasteiger partial charge in [0, 0.05) is 0 Å². The van der Waals surface area contributed by atoms with E-state index in [1.165, 1.54) is 45.9 Å². The second-order valence-electron chi connectivity index (χ2n) is 4.56. The molecule has 0 heterocycles. The van der Waals surface area contributed by atoms with E-state index in [2.05, 4.69) is 6.07 Å². The van der Waals surface area contributed by atoms with Gasteiger partial charge in [-0.3, -0.25) is 0 Å². The minimum absolute atomic E-state index is 0.134. The molecule has 1 aromatic carbocycles. The van der Waals surface area contributed by atoms with Crippen molar-refractivity contribution in [1.29, 1.82) is 0 Å². The van der Waals surface area contributed by atoms with Crippen LogP contribution in [0.4, 0.5) is 0 Å². The summed E-state index contributed by atoms with van der Waals surface area (Å²) >= 11 is 0. The average Bonchev–Trinajstić information content (AvgIpc) is 2.28. The second kappa shape index (κ2) is 5.01. The zero-order valence-electron chi connectivity index (χ0n) is 10.8. The largest absolute Gasteiger partial charge is 0.223 e. The molecule has 0 N–H and O–H groups in total. The van der Waals surface area contributed by atoms with Crippen molar-refractivity contribution < 1.29 is 16.8 Å². The second-order valence-corrected chi connectivity index (χ2v) is 9.51. The molecule has 1 rings (SSSR count). The zero-order chi connectivity index (χ0) is 14.1. The van der Waals surface area contributed by atoms with Crippen LogP contribution < -0.4 is 0 Å². The lowest BCUT2D eigenvalue weighted by atomic mass is 10.4. The van der Waals surface area contributed by atoms with Crippen molar-refractivity contribution in [3.8, 4) is 0 Å². The van der Waals surface area contributed by atoms with E-state index in [4.69, 9.17) is 0 Å². The standard InChI is InChI=1S/C12H17O4S2/c1-9(2)17(13,14)11-7-5-6-8-12(11)18(15,16)10(3)4/h5,7-10H,1-4H3. The van der Waals surface area contributed by atoms with E-state index in [9.17, 15) is 16.8 Å². The Morgan fingerprint density at radius 3 is 1.78 bits per heavy atom. The summed E-state index contributed by atoms with van der Waals surface area (Å²) in [5.41, 5.74) is 0. The number of sulfone groups is 2. The fourth-order valence-corrected chi connectivity index (χ4v) is 4.26. The van der Waals surface area contributed by atoms with Crippen molar-refractivity contribution in [2.45, 2.75) is 48.0 Å². The molecule has 4 nitrogen and oxygen atoms in total. The smallest absolute Gasteiger partial charge is 0.181 e. The van der Waals surface area contributed by atoms with E-state index in [-0.39, 0.29) is 9.79 Å². The molecule has 0 fully saturated rings. The fraction of sp³-hybridized carbons (Fsp3) is 0.500. The lowest BCUT2D eigenvalue weighted by Gasteiger charge is -2.14. The number of hydrogen-bond acceptors (Lipinski definition) is 4. The summed E-state index contributed by atoms with van der Waals surface area (Å²) < 4.78 is 48.6. The third-order valence-corrected chi connectivity index (χ3v) is 7.17. The Bertz CT molecular complexity index is 569. The normalized spacial score (nSPS) is 13.2. The average molecular weight is 289 g/mol. The highest BCUT2D eigenvalue weighted by Gasteiger charge is 2.29. The number of hydrogen-bond donors (Lipinski definition) is 0. The van der Waals surface area contributed by atoms with Crippen LogP contribution in [-0.2, 0) is 19.7 Å². The highest BCUT2D eigenvalue weighted by atomic mass is 32.2. The topological polar surface area (TPSA) is 68.3 Å². The van der Waals surface area contributed by atoms with E-state index in [0.29, 0.717) is 0 Å².